The average molecular weight is 237 g/mol. The first kappa shape index (κ1) is 14.5. The normalized spacial score (nSPS) is 26.8. The zero-order chi connectivity index (χ0) is 12.9. The zero-order valence-electron chi connectivity index (χ0n) is 11.8. The van der Waals surface area contributed by atoms with E-state index in [9.17, 15) is 0 Å². The molecule has 3 nitrogen and oxygen atoms in total. The van der Waals surface area contributed by atoms with E-state index >= 15 is 0 Å². The van der Waals surface area contributed by atoms with Gasteiger partial charge in [-0.25, -0.2) is 0 Å². The van der Waals surface area contributed by atoms with Crippen molar-refractivity contribution < 1.29 is 0 Å². The van der Waals surface area contributed by atoms with Crippen molar-refractivity contribution in [1.29, 1.82) is 5.26 Å². The average Bonchev–Trinajstić information content (AvgIpc) is 2.28. The van der Waals surface area contributed by atoms with Crippen molar-refractivity contribution in [2.45, 2.75) is 58.5 Å². The number of nitrogens with one attached hydrogen (secondary N) is 1. The van der Waals surface area contributed by atoms with Crippen LogP contribution in [0.4, 0.5) is 0 Å². The molecule has 2 atom stereocenters. The molecule has 0 aromatic carbocycles. The van der Waals surface area contributed by atoms with E-state index in [0.717, 1.165) is 13.0 Å². The lowest BCUT2D eigenvalue weighted by atomic mass is 9.87. The van der Waals surface area contributed by atoms with Gasteiger partial charge in [-0.2, -0.15) is 5.26 Å². The van der Waals surface area contributed by atoms with Crippen LogP contribution in [0.5, 0.6) is 0 Å². The van der Waals surface area contributed by atoms with Gasteiger partial charge in [0.2, 0.25) is 0 Å². The van der Waals surface area contributed by atoms with Gasteiger partial charge in [0, 0.05) is 25.0 Å². The second-order valence-corrected chi connectivity index (χ2v) is 6.25. The van der Waals surface area contributed by atoms with Crippen LogP contribution in [-0.2, 0) is 0 Å². The Morgan fingerprint density at radius 3 is 2.76 bits per heavy atom. The maximum Gasteiger partial charge on any atom is 0.0621 e. The van der Waals surface area contributed by atoms with Crippen LogP contribution in [0.25, 0.3) is 0 Å². The molecule has 0 spiro atoms. The topological polar surface area (TPSA) is 39.1 Å². The highest BCUT2D eigenvalue weighted by atomic mass is 15.1. The number of likely N-dealkylation sites (tertiary alicyclic amines) is 1. The molecule has 1 aliphatic rings. The van der Waals surface area contributed by atoms with Gasteiger partial charge < -0.3 is 10.2 Å². The highest BCUT2D eigenvalue weighted by Crippen LogP contribution is 2.22. The minimum Gasteiger partial charge on any atom is -0.313 e. The third-order valence-electron chi connectivity index (χ3n) is 3.99. The van der Waals surface area contributed by atoms with Crippen molar-refractivity contribution in [3.05, 3.63) is 0 Å². The molecule has 98 valence electrons. The van der Waals surface area contributed by atoms with E-state index in [1.165, 1.54) is 19.4 Å². The molecule has 0 bridgehead atoms. The van der Waals surface area contributed by atoms with Crippen LogP contribution >= 0.6 is 0 Å². The van der Waals surface area contributed by atoms with E-state index in [1.54, 1.807) is 0 Å². The van der Waals surface area contributed by atoms with Crippen LogP contribution in [0.2, 0.25) is 0 Å². The smallest absolute Gasteiger partial charge is 0.0621 e. The number of piperidine rings is 1. The van der Waals surface area contributed by atoms with E-state index < -0.39 is 0 Å². The van der Waals surface area contributed by atoms with Crippen molar-refractivity contribution in [2.24, 2.45) is 5.41 Å². The third kappa shape index (κ3) is 5.06. The van der Waals surface area contributed by atoms with Crippen molar-refractivity contribution in [3.63, 3.8) is 0 Å². The molecule has 1 fully saturated rings. The van der Waals surface area contributed by atoms with Gasteiger partial charge in [-0.15, -0.1) is 0 Å². The van der Waals surface area contributed by atoms with Gasteiger partial charge in [0.25, 0.3) is 0 Å². The SMILES string of the molecule is CC1CC(NCC(C)(C)CCC#N)CCN1C. The van der Waals surface area contributed by atoms with Gasteiger partial charge >= 0.3 is 0 Å². The molecule has 1 heterocycles. The Morgan fingerprint density at radius 1 is 1.47 bits per heavy atom. The molecule has 0 saturated carbocycles. The predicted octanol–water partition coefficient (Wildman–Crippen LogP) is 2.39. The van der Waals surface area contributed by atoms with Crippen LogP contribution in [0.1, 0.15) is 46.5 Å². The Morgan fingerprint density at radius 2 is 2.18 bits per heavy atom. The Balaban J connectivity index is 2.28. The monoisotopic (exact) mass is 237 g/mol. The summed E-state index contributed by atoms with van der Waals surface area (Å²) in [4.78, 5) is 2.43. The van der Waals surface area contributed by atoms with Crippen LogP contribution < -0.4 is 5.32 Å². The Bertz CT molecular complexity index is 267. The van der Waals surface area contributed by atoms with Crippen molar-refractivity contribution in [1.82, 2.24) is 10.2 Å². The van der Waals surface area contributed by atoms with Crippen LogP contribution in [0.3, 0.4) is 0 Å². The Kier molecular flexibility index (Phi) is 5.42. The molecule has 17 heavy (non-hydrogen) atoms. The molecule has 0 aromatic heterocycles. The summed E-state index contributed by atoms with van der Waals surface area (Å²) in [5.74, 6) is 0. The van der Waals surface area contributed by atoms with Crippen molar-refractivity contribution >= 4 is 0 Å². The molecule has 3 heteroatoms. The maximum absolute atomic E-state index is 8.63. The van der Waals surface area contributed by atoms with Gasteiger partial charge in [0.15, 0.2) is 0 Å². The first-order valence-corrected chi connectivity index (χ1v) is 6.75. The molecule has 0 amide bonds. The standard InChI is InChI=1S/C14H27N3/c1-12-10-13(6-9-17(12)4)16-11-14(2,3)7-5-8-15/h12-13,16H,5-7,9-11H2,1-4H3. The minimum atomic E-state index is 0.238. The van der Waals surface area contributed by atoms with Gasteiger partial charge in [0.1, 0.15) is 0 Å². The highest BCUT2D eigenvalue weighted by molar-refractivity contribution is 4.84. The summed E-state index contributed by atoms with van der Waals surface area (Å²) in [6.07, 6.45) is 4.14. The van der Waals surface area contributed by atoms with Gasteiger partial charge in [-0.3, -0.25) is 0 Å². The molecule has 0 aliphatic carbocycles. The van der Waals surface area contributed by atoms with Crippen LogP contribution in [-0.4, -0.2) is 37.1 Å². The first-order valence-electron chi connectivity index (χ1n) is 6.75. The number of nitrogens with zero attached hydrogens (tertiary/aromatic N) is 2. The molecule has 0 radical (unpaired) electrons. The van der Waals surface area contributed by atoms with E-state index in [-0.39, 0.29) is 5.41 Å². The molecule has 0 aromatic rings. The fraction of sp³-hybridized carbons (Fsp3) is 0.929. The third-order valence-corrected chi connectivity index (χ3v) is 3.99. The largest absolute Gasteiger partial charge is 0.313 e. The first-order chi connectivity index (χ1) is 7.94. The zero-order valence-corrected chi connectivity index (χ0v) is 11.8. The fourth-order valence-electron chi connectivity index (χ4n) is 2.38. The highest BCUT2D eigenvalue weighted by Gasteiger charge is 2.24. The lowest BCUT2D eigenvalue weighted by molar-refractivity contribution is 0.159. The molecular formula is C14H27N3. The summed E-state index contributed by atoms with van der Waals surface area (Å²) in [5.41, 5.74) is 0.238. The molecule has 1 rings (SSSR count). The number of nitriles is 1. The second-order valence-electron chi connectivity index (χ2n) is 6.25. The summed E-state index contributed by atoms with van der Waals surface area (Å²) >= 11 is 0. The van der Waals surface area contributed by atoms with Crippen molar-refractivity contribution in [3.8, 4) is 6.07 Å². The van der Waals surface area contributed by atoms with Gasteiger partial charge in [-0.05, 0) is 45.2 Å². The van der Waals surface area contributed by atoms with Crippen LogP contribution in [0, 0.1) is 16.7 Å². The number of hydrogen-bond acceptors (Lipinski definition) is 3. The van der Waals surface area contributed by atoms with E-state index in [4.69, 9.17) is 5.26 Å². The second kappa shape index (κ2) is 6.37. The van der Waals surface area contributed by atoms with E-state index in [1.807, 2.05) is 0 Å². The summed E-state index contributed by atoms with van der Waals surface area (Å²) in [6, 6.07) is 3.58. The molecule has 1 aliphatic heterocycles. The molecule has 1 saturated heterocycles. The quantitative estimate of drug-likeness (QED) is 0.798. The van der Waals surface area contributed by atoms with Gasteiger partial charge in [0.05, 0.1) is 6.07 Å². The summed E-state index contributed by atoms with van der Waals surface area (Å²) in [6.45, 7) is 9.01. The molecular weight excluding hydrogens is 210 g/mol. The maximum atomic E-state index is 8.63. The van der Waals surface area contributed by atoms with E-state index in [0.29, 0.717) is 18.5 Å². The number of rotatable bonds is 5. The Hall–Kier alpha value is -0.590. The van der Waals surface area contributed by atoms with Crippen LogP contribution in [0.15, 0.2) is 0 Å². The Labute approximate surface area is 106 Å². The summed E-state index contributed by atoms with van der Waals surface area (Å²) < 4.78 is 0. The lowest BCUT2D eigenvalue weighted by Crippen LogP contribution is -2.47. The molecule has 2 unspecified atom stereocenters. The predicted molar refractivity (Wildman–Crippen MR) is 71.7 cm³/mol. The summed E-state index contributed by atoms with van der Waals surface area (Å²) in [7, 11) is 2.21. The molecule has 1 N–H and O–H groups in total. The van der Waals surface area contributed by atoms with E-state index in [2.05, 4.69) is 44.1 Å². The van der Waals surface area contributed by atoms with Crippen molar-refractivity contribution in [2.75, 3.05) is 20.1 Å². The lowest BCUT2D eigenvalue weighted by Gasteiger charge is -2.37. The fourth-order valence-corrected chi connectivity index (χ4v) is 2.38. The number of hydrogen-bond donors (Lipinski definition) is 1. The van der Waals surface area contributed by atoms with Gasteiger partial charge in [-0.1, -0.05) is 13.8 Å². The summed E-state index contributed by atoms with van der Waals surface area (Å²) in [5, 5.41) is 12.3. The minimum absolute atomic E-state index is 0.238.